The van der Waals surface area contributed by atoms with Gasteiger partial charge in [-0.2, -0.15) is 0 Å². The van der Waals surface area contributed by atoms with Crippen molar-refractivity contribution in [2.75, 3.05) is 6.61 Å². The van der Waals surface area contributed by atoms with Gasteiger partial charge in [-0.3, -0.25) is 0 Å². The zero-order valence-electron chi connectivity index (χ0n) is 8.34. The molecule has 0 amide bonds. The maximum atomic E-state index is 10.9. The monoisotopic (exact) mass is 246 g/mol. The van der Waals surface area contributed by atoms with Gasteiger partial charge in [-0.25, -0.2) is 0 Å². The van der Waals surface area contributed by atoms with E-state index in [1.807, 2.05) is 0 Å². The summed E-state index contributed by atoms with van der Waals surface area (Å²) in [5, 5.41) is 10.9. The molecule has 0 bridgehead atoms. The van der Waals surface area contributed by atoms with Gasteiger partial charge < -0.3 is 5.11 Å². The molecule has 1 fully saturated rings. The van der Waals surface area contributed by atoms with Crippen LogP contribution in [0.3, 0.4) is 0 Å². The molecule has 2 rings (SSSR count). The van der Waals surface area contributed by atoms with E-state index in [9.17, 15) is 5.11 Å². The predicted molar refractivity (Wildman–Crippen MR) is 47.0 cm³/mol. The number of hydrogen-bond acceptors (Lipinski definition) is 1. The van der Waals surface area contributed by atoms with E-state index in [1.54, 1.807) is 0 Å². The van der Waals surface area contributed by atoms with Crippen molar-refractivity contribution in [2.45, 2.75) is 25.2 Å². The molecule has 0 aliphatic heterocycles. The Bertz CT molecular complexity index is 275. The third kappa shape index (κ3) is 2.51. The Hall–Kier alpha value is 0.985. The van der Waals surface area contributed by atoms with Gasteiger partial charge in [0.1, 0.15) is 0 Å². The SMILES string of the molecule is Cc1ccc(C2(C[O-])CC2)cc1.[Rb+]. The Morgan fingerprint density at radius 3 is 2.15 bits per heavy atom. The first-order chi connectivity index (χ1) is 5.77. The van der Waals surface area contributed by atoms with Gasteiger partial charge in [0.05, 0.1) is 0 Å². The number of rotatable bonds is 2. The summed E-state index contributed by atoms with van der Waals surface area (Å²) in [7, 11) is 0. The molecule has 1 aliphatic carbocycles. The molecule has 1 nitrogen and oxygen atoms in total. The third-order valence-electron chi connectivity index (χ3n) is 2.79. The molecular formula is C11H13ORb. The molecule has 1 aromatic carbocycles. The summed E-state index contributed by atoms with van der Waals surface area (Å²) in [5.41, 5.74) is 2.52. The van der Waals surface area contributed by atoms with Crippen molar-refractivity contribution in [1.29, 1.82) is 0 Å². The van der Waals surface area contributed by atoms with Crippen LogP contribution < -0.4 is 63.3 Å². The maximum Gasteiger partial charge on any atom is 1.00 e. The molecule has 2 heteroatoms. The van der Waals surface area contributed by atoms with Crippen LogP contribution in [-0.4, -0.2) is 6.61 Å². The third-order valence-corrected chi connectivity index (χ3v) is 2.79. The average molecular weight is 247 g/mol. The molecule has 0 aromatic heterocycles. The van der Waals surface area contributed by atoms with Gasteiger partial charge in [-0.15, -0.1) is 6.61 Å². The minimum atomic E-state index is 0. The number of aryl methyl sites for hydroxylation is 1. The van der Waals surface area contributed by atoms with E-state index in [0.717, 1.165) is 12.8 Å². The molecule has 0 unspecified atom stereocenters. The number of benzene rings is 1. The molecule has 0 atom stereocenters. The molecule has 13 heavy (non-hydrogen) atoms. The van der Waals surface area contributed by atoms with Crippen molar-refractivity contribution in [3.05, 3.63) is 35.4 Å². The summed E-state index contributed by atoms with van der Waals surface area (Å²) < 4.78 is 0. The van der Waals surface area contributed by atoms with Crippen LogP contribution in [0.2, 0.25) is 0 Å². The fourth-order valence-corrected chi connectivity index (χ4v) is 1.57. The maximum absolute atomic E-state index is 10.9. The minimum absolute atomic E-state index is 0. The van der Waals surface area contributed by atoms with E-state index in [2.05, 4.69) is 31.2 Å². The van der Waals surface area contributed by atoms with E-state index in [0.29, 0.717) is 0 Å². The van der Waals surface area contributed by atoms with Gasteiger partial charge in [-0.1, -0.05) is 29.8 Å². The van der Waals surface area contributed by atoms with Gasteiger partial charge in [0, 0.05) is 0 Å². The Kier molecular flexibility index (Phi) is 4.33. The van der Waals surface area contributed by atoms with Crippen LogP contribution in [0.25, 0.3) is 0 Å². The Morgan fingerprint density at radius 2 is 1.77 bits per heavy atom. The Labute approximate surface area is 128 Å². The van der Waals surface area contributed by atoms with Crippen molar-refractivity contribution < 1.29 is 63.3 Å². The standard InChI is InChI=1S/C11H13O.Rb/c1-9-2-4-10(5-3-9)11(8-12)6-7-11;/h2-5H,6-8H2,1H3;/q-1;+1. The van der Waals surface area contributed by atoms with Crippen LogP contribution in [0, 0.1) is 6.92 Å². The smallest absolute Gasteiger partial charge is 0.854 e. The second-order valence-corrected chi connectivity index (χ2v) is 3.79. The first-order valence-electron chi connectivity index (χ1n) is 4.42. The van der Waals surface area contributed by atoms with Gasteiger partial charge in [0.2, 0.25) is 0 Å². The van der Waals surface area contributed by atoms with E-state index >= 15 is 0 Å². The van der Waals surface area contributed by atoms with E-state index in [-0.39, 0.29) is 70.2 Å². The van der Waals surface area contributed by atoms with Crippen LogP contribution in [0.1, 0.15) is 24.0 Å². The first-order valence-corrected chi connectivity index (χ1v) is 4.42. The van der Waals surface area contributed by atoms with Crippen LogP contribution in [0.5, 0.6) is 0 Å². The van der Waals surface area contributed by atoms with Gasteiger partial charge in [0.25, 0.3) is 0 Å². The van der Waals surface area contributed by atoms with Crippen LogP contribution in [0.15, 0.2) is 24.3 Å². The van der Waals surface area contributed by atoms with Gasteiger partial charge in [0.15, 0.2) is 0 Å². The summed E-state index contributed by atoms with van der Waals surface area (Å²) in [4.78, 5) is 0. The zero-order chi connectivity index (χ0) is 8.60. The van der Waals surface area contributed by atoms with Crippen LogP contribution in [0.4, 0.5) is 0 Å². The van der Waals surface area contributed by atoms with Crippen molar-refractivity contribution in [3.63, 3.8) is 0 Å². The predicted octanol–water partition coefficient (Wildman–Crippen LogP) is -1.61. The van der Waals surface area contributed by atoms with Crippen LogP contribution in [-0.2, 0) is 5.41 Å². The fourth-order valence-electron chi connectivity index (χ4n) is 1.57. The molecule has 0 radical (unpaired) electrons. The largest absolute Gasteiger partial charge is 1.00 e. The molecule has 0 spiro atoms. The quantitative estimate of drug-likeness (QED) is 0.616. The van der Waals surface area contributed by atoms with E-state index < -0.39 is 0 Å². The fraction of sp³-hybridized carbons (Fsp3) is 0.455. The van der Waals surface area contributed by atoms with Crippen molar-refractivity contribution in [1.82, 2.24) is 0 Å². The van der Waals surface area contributed by atoms with Crippen LogP contribution >= 0.6 is 0 Å². The normalized spacial score (nSPS) is 17.7. The van der Waals surface area contributed by atoms with Gasteiger partial charge >= 0.3 is 58.2 Å². The topological polar surface area (TPSA) is 23.1 Å². The van der Waals surface area contributed by atoms with Crippen molar-refractivity contribution in [2.24, 2.45) is 0 Å². The Morgan fingerprint density at radius 1 is 1.23 bits per heavy atom. The molecule has 0 saturated heterocycles. The molecule has 1 aromatic rings. The van der Waals surface area contributed by atoms with Crippen molar-refractivity contribution in [3.8, 4) is 0 Å². The minimum Gasteiger partial charge on any atom is -0.854 e. The average Bonchev–Trinajstić information content (AvgIpc) is 2.86. The summed E-state index contributed by atoms with van der Waals surface area (Å²) >= 11 is 0. The molecular weight excluding hydrogens is 234 g/mol. The molecule has 1 saturated carbocycles. The summed E-state index contributed by atoms with van der Waals surface area (Å²) in [6.45, 7) is 2.12. The Balaban J connectivity index is 0.000000845. The molecule has 64 valence electrons. The molecule has 1 aliphatic rings. The summed E-state index contributed by atoms with van der Waals surface area (Å²) in [6, 6.07) is 8.37. The molecule has 0 N–H and O–H groups in total. The second-order valence-electron chi connectivity index (χ2n) is 3.79. The molecule has 0 heterocycles. The number of hydrogen-bond donors (Lipinski definition) is 0. The second kappa shape index (κ2) is 4.67. The first kappa shape index (κ1) is 12.1. The van der Waals surface area contributed by atoms with E-state index in [1.165, 1.54) is 11.1 Å². The van der Waals surface area contributed by atoms with Crippen molar-refractivity contribution >= 4 is 0 Å². The summed E-state index contributed by atoms with van der Waals surface area (Å²) in [5.74, 6) is 0. The van der Waals surface area contributed by atoms with Gasteiger partial charge in [-0.05, 0) is 30.7 Å². The van der Waals surface area contributed by atoms with E-state index in [4.69, 9.17) is 0 Å². The summed E-state index contributed by atoms with van der Waals surface area (Å²) in [6.07, 6.45) is 2.17. The zero-order valence-corrected chi connectivity index (χ0v) is 13.3.